The summed E-state index contributed by atoms with van der Waals surface area (Å²) < 4.78 is 16.7. The average Bonchev–Trinajstić information content (AvgIpc) is 3.03. The SMILES string of the molecule is CC(=O)Oc1ccccc1C(=O)OCC1C(OC(=O)c2ccccc2)CC2CCC1N2C. The number of rotatable bonds is 6. The molecule has 2 aromatic rings. The maximum atomic E-state index is 12.8. The van der Waals surface area contributed by atoms with E-state index in [0.717, 1.165) is 12.8 Å². The van der Waals surface area contributed by atoms with Crippen LogP contribution in [-0.4, -0.2) is 54.7 Å². The molecule has 2 fully saturated rings. The van der Waals surface area contributed by atoms with Gasteiger partial charge >= 0.3 is 17.9 Å². The lowest BCUT2D eigenvalue weighted by Gasteiger charge is -2.42. The van der Waals surface area contributed by atoms with Crippen LogP contribution in [0.5, 0.6) is 5.75 Å². The second-order valence-electron chi connectivity index (χ2n) is 8.36. The van der Waals surface area contributed by atoms with Crippen LogP contribution in [-0.2, 0) is 14.3 Å². The number of esters is 3. The van der Waals surface area contributed by atoms with Crippen LogP contribution in [0.25, 0.3) is 0 Å². The Labute approximate surface area is 187 Å². The molecule has 2 saturated heterocycles. The first-order chi connectivity index (χ1) is 15.4. The lowest BCUT2D eigenvalue weighted by molar-refractivity contribution is -0.131. The Morgan fingerprint density at radius 1 is 0.969 bits per heavy atom. The van der Waals surface area contributed by atoms with Crippen molar-refractivity contribution in [1.29, 1.82) is 0 Å². The lowest BCUT2D eigenvalue weighted by atomic mass is 9.88. The van der Waals surface area contributed by atoms with Gasteiger partial charge in [0.15, 0.2) is 0 Å². The Hall–Kier alpha value is -3.19. The van der Waals surface area contributed by atoms with Crippen molar-refractivity contribution >= 4 is 17.9 Å². The molecule has 0 spiro atoms. The molecule has 7 heteroatoms. The van der Waals surface area contributed by atoms with Crippen LogP contribution >= 0.6 is 0 Å². The summed E-state index contributed by atoms with van der Waals surface area (Å²) in [5, 5.41) is 0. The normalized spacial score (nSPS) is 24.6. The molecule has 32 heavy (non-hydrogen) atoms. The molecule has 0 saturated carbocycles. The number of hydrogen-bond acceptors (Lipinski definition) is 7. The molecule has 2 aliphatic rings. The van der Waals surface area contributed by atoms with Crippen molar-refractivity contribution in [3.8, 4) is 5.75 Å². The van der Waals surface area contributed by atoms with Gasteiger partial charge in [0, 0.05) is 31.3 Å². The summed E-state index contributed by atoms with van der Waals surface area (Å²) in [6.45, 7) is 1.39. The Balaban J connectivity index is 1.48. The molecule has 0 radical (unpaired) electrons. The maximum Gasteiger partial charge on any atom is 0.341 e. The Morgan fingerprint density at radius 3 is 2.44 bits per heavy atom. The molecule has 2 bridgehead atoms. The van der Waals surface area contributed by atoms with Crippen LogP contribution in [0.15, 0.2) is 54.6 Å². The molecule has 4 atom stereocenters. The smallest absolute Gasteiger partial charge is 0.341 e. The second-order valence-corrected chi connectivity index (χ2v) is 8.36. The number of para-hydroxylation sites is 1. The van der Waals surface area contributed by atoms with E-state index in [1.165, 1.54) is 6.92 Å². The van der Waals surface area contributed by atoms with Gasteiger partial charge < -0.3 is 14.2 Å². The second kappa shape index (κ2) is 9.53. The third kappa shape index (κ3) is 4.67. The predicted molar refractivity (Wildman–Crippen MR) is 116 cm³/mol. The quantitative estimate of drug-likeness (QED) is 0.505. The summed E-state index contributed by atoms with van der Waals surface area (Å²) in [4.78, 5) is 39.1. The first-order valence-corrected chi connectivity index (χ1v) is 10.9. The van der Waals surface area contributed by atoms with E-state index in [1.54, 1.807) is 48.5 Å². The number of ether oxygens (including phenoxy) is 3. The first-order valence-electron chi connectivity index (χ1n) is 10.9. The van der Waals surface area contributed by atoms with Gasteiger partial charge in [0.25, 0.3) is 0 Å². The number of fused-ring (bicyclic) bond motifs is 2. The molecule has 0 aromatic heterocycles. The Morgan fingerprint density at radius 2 is 1.69 bits per heavy atom. The Kier molecular flexibility index (Phi) is 6.55. The standard InChI is InChI=1S/C25H27NO6/c1-16(27)31-22-11-7-6-10-19(22)25(29)30-15-20-21-13-12-18(26(21)2)14-23(20)32-24(28)17-8-4-3-5-9-17/h3-11,18,20-21,23H,12-15H2,1-2H3. The van der Waals surface area contributed by atoms with Crippen molar-refractivity contribution in [2.24, 2.45) is 5.92 Å². The highest BCUT2D eigenvalue weighted by atomic mass is 16.6. The third-order valence-corrected chi connectivity index (χ3v) is 6.41. The monoisotopic (exact) mass is 437 g/mol. The summed E-state index contributed by atoms with van der Waals surface area (Å²) in [5.41, 5.74) is 0.693. The van der Waals surface area contributed by atoms with Crippen LogP contribution in [0.1, 0.15) is 46.9 Å². The fourth-order valence-corrected chi connectivity index (χ4v) is 4.79. The van der Waals surface area contributed by atoms with E-state index in [1.807, 2.05) is 6.07 Å². The first kappa shape index (κ1) is 22.0. The molecule has 2 heterocycles. The molecule has 168 valence electrons. The van der Waals surface area contributed by atoms with E-state index in [4.69, 9.17) is 14.2 Å². The zero-order chi connectivity index (χ0) is 22.7. The molecule has 0 N–H and O–H groups in total. The molecular formula is C25H27NO6. The molecule has 0 aliphatic carbocycles. The summed E-state index contributed by atoms with van der Waals surface area (Å²) in [5.74, 6) is -1.42. The van der Waals surface area contributed by atoms with Crippen LogP contribution in [0.4, 0.5) is 0 Å². The molecule has 4 unspecified atom stereocenters. The van der Waals surface area contributed by atoms with Gasteiger partial charge in [0.2, 0.25) is 0 Å². The molecule has 4 rings (SSSR count). The largest absolute Gasteiger partial charge is 0.461 e. The van der Waals surface area contributed by atoms with Gasteiger partial charge in [-0.25, -0.2) is 9.59 Å². The summed E-state index contributed by atoms with van der Waals surface area (Å²) >= 11 is 0. The van der Waals surface area contributed by atoms with Crippen molar-refractivity contribution < 1.29 is 28.6 Å². The molecule has 2 aromatic carbocycles. The number of benzene rings is 2. The third-order valence-electron chi connectivity index (χ3n) is 6.41. The summed E-state index contributed by atoms with van der Waals surface area (Å²) in [6, 6.07) is 15.9. The fourth-order valence-electron chi connectivity index (χ4n) is 4.79. The average molecular weight is 437 g/mol. The van der Waals surface area contributed by atoms with Crippen molar-refractivity contribution in [3.63, 3.8) is 0 Å². The van der Waals surface area contributed by atoms with Crippen LogP contribution < -0.4 is 4.74 Å². The van der Waals surface area contributed by atoms with E-state index in [9.17, 15) is 14.4 Å². The minimum atomic E-state index is -0.572. The number of piperidine rings is 1. The summed E-state index contributed by atoms with van der Waals surface area (Å²) in [6.07, 6.45) is 2.36. The number of nitrogens with zero attached hydrogens (tertiary/aromatic N) is 1. The lowest BCUT2D eigenvalue weighted by Crippen LogP contribution is -2.52. The zero-order valence-corrected chi connectivity index (χ0v) is 18.2. The predicted octanol–water partition coefficient (Wildman–Crippen LogP) is 3.48. The van der Waals surface area contributed by atoms with E-state index >= 15 is 0 Å². The van der Waals surface area contributed by atoms with E-state index in [-0.39, 0.29) is 42.0 Å². The highest BCUT2D eigenvalue weighted by molar-refractivity contribution is 5.93. The van der Waals surface area contributed by atoms with Gasteiger partial charge in [-0.15, -0.1) is 0 Å². The summed E-state index contributed by atoms with van der Waals surface area (Å²) in [7, 11) is 2.07. The van der Waals surface area contributed by atoms with E-state index in [0.29, 0.717) is 18.0 Å². The fraction of sp³-hybridized carbons (Fsp3) is 0.400. The van der Waals surface area contributed by atoms with Gasteiger partial charge in [0.1, 0.15) is 17.4 Å². The van der Waals surface area contributed by atoms with Crippen LogP contribution in [0.3, 0.4) is 0 Å². The van der Waals surface area contributed by atoms with Gasteiger partial charge in [-0.05, 0) is 44.2 Å². The van der Waals surface area contributed by atoms with Gasteiger partial charge in [0.05, 0.1) is 12.2 Å². The van der Waals surface area contributed by atoms with Crippen molar-refractivity contribution in [2.45, 2.75) is 44.4 Å². The molecule has 0 amide bonds. The minimum Gasteiger partial charge on any atom is -0.461 e. The van der Waals surface area contributed by atoms with Crippen molar-refractivity contribution in [2.75, 3.05) is 13.7 Å². The minimum absolute atomic E-state index is 0.113. The maximum absolute atomic E-state index is 12.8. The number of carbonyl (C=O) groups is 3. The molecule has 7 nitrogen and oxygen atoms in total. The molecule has 2 aliphatic heterocycles. The Bertz CT molecular complexity index is 991. The van der Waals surface area contributed by atoms with Gasteiger partial charge in [-0.1, -0.05) is 30.3 Å². The van der Waals surface area contributed by atoms with E-state index in [2.05, 4.69) is 11.9 Å². The van der Waals surface area contributed by atoms with Crippen molar-refractivity contribution in [3.05, 3.63) is 65.7 Å². The highest BCUT2D eigenvalue weighted by Crippen LogP contribution is 2.40. The van der Waals surface area contributed by atoms with Gasteiger partial charge in [-0.3, -0.25) is 9.69 Å². The molecular weight excluding hydrogens is 410 g/mol. The van der Waals surface area contributed by atoms with E-state index < -0.39 is 11.9 Å². The highest BCUT2D eigenvalue weighted by Gasteiger charge is 2.47. The zero-order valence-electron chi connectivity index (χ0n) is 18.2. The topological polar surface area (TPSA) is 82.1 Å². The van der Waals surface area contributed by atoms with Gasteiger partial charge in [-0.2, -0.15) is 0 Å². The number of carbonyl (C=O) groups excluding carboxylic acids is 3. The van der Waals surface area contributed by atoms with Crippen LogP contribution in [0, 0.1) is 5.92 Å². The van der Waals surface area contributed by atoms with Crippen LogP contribution in [0.2, 0.25) is 0 Å². The van der Waals surface area contributed by atoms with Crippen molar-refractivity contribution in [1.82, 2.24) is 4.90 Å². The number of hydrogen-bond donors (Lipinski definition) is 0.